The molecule has 0 fully saturated rings. The standard InChI is InChI=1S/C20H17BrClNO2/c1-3-9-25-20-12-17(21)14(11-19(20)24-4-2)10-15(13-23)16-7-5-6-8-18(16)22/h3,5-8,10-12H,1,4,9H2,2H3. The van der Waals surface area contributed by atoms with Crippen molar-refractivity contribution in [3.63, 3.8) is 0 Å². The van der Waals surface area contributed by atoms with Crippen molar-refractivity contribution in [3.8, 4) is 17.6 Å². The highest BCUT2D eigenvalue weighted by atomic mass is 79.9. The molecule has 0 aliphatic rings. The van der Waals surface area contributed by atoms with Gasteiger partial charge in [0.25, 0.3) is 0 Å². The average molecular weight is 419 g/mol. The molecule has 0 saturated heterocycles. The number of hydrogen-bond donors (Lipinski definition) is 0. The number of benzene rings is 2. The fraction of sp³-hybridized carbons (Fsp3) is 0.150. The van der Waals surface area contributed by atoms with Crippen molar-refractivity contribution in [1.29, 1.82) is 5.26 Å². The van der Waals surface area contributed by atoms with Gasteiger partial charge in [-0.2, -0.15) is 5.26 Å². The van der Waals surface area contributed by atoms with Crippen molar-refractivity contribution in [2.45, 2.75) is 6.92 Å². The van der Waals surface area contributed by atoms with E-state index in [0.717, 1.165) is 10.0 Å². The van der Waals surface area contributed by atoms with E-state index in [9.17, 15) is 5.26 Å². The van der Waals surface area contributed by atoms with Gasteiger partial charge in [0.1, 0.15) is 6.61 Å². The molecule has 128 valence electrons. The van der Waals surface area contributed by atoms with Crippen molar-refractivity contribution in [2.24, 2.45) is 0 Å². The molecule has 3 nitrogen and oxygen atoms in total. The largest absolute Gasteiger partial charge is 0.490 e. The van der Waals surface area contributed by atoms with Crippen molar-refractivity contribution in [3.05, 3.63) is 69.7 Å². The van der Waals surface area contributed by atoms with E-state index in [1.54, 1.807) is 18.2 Å². The summed E-state index contributed by atoms with van der Waals surface area (Å²) in [5.74, 6) is 1.22. The maximum Gasteiger partial charge on any atom is 0.162 e. The first-order valence-corrected chi connectivity index (χ1v) is 8.84. The molecule has 2 rings (SSSR count). The third-order valence-electron chi connectivity index (χ3n) is 3.30. The monoisotopic (exact) mass is 417 g/mol. The van der Waals surface area contributed by atoms with Crippen LogP contribution in [0.4, 0.5) is 0 Å². The van der Waals surface area contributed by atoms with Crippen molar-refractivity contribution in [1.82, 2.24) is 0 Å². The van der Waals surface area contributed by atoms with Gasteiger partial charge in [-0.15, -0.1) is 0 Å². The van der Waals surface area contributed by atoms with E-state index in [-0.39, 0.29) is 0 Å². The van der Waals surface area contributed by atoms with Crippen LogP contribution < -0.4 is 9.47 Å². The van der Waals surface area contributed by atoms with E-state index in [1.165, 1.54) is 0 Å². The SMILES string of the molecule is C=CCOc1cc(Br)c(C=C(C#N)c2ccccc2Cl)cc1OCC. The zero-order chi connectivity index (χ0) is 18.2. The van der Waals surface area contributed by atoms with Crippen LogP contribution in [-0.4, -0.2) is 13.2 Å². The van der Waals surface area contributed by atoms with Crippen molar-refractivity contribution >= 4 is 39.2 Å². The van der Waals surface area contributed by atoms with Gasteiger partial charge in [-0.3, -0.25) is 0 Å². The molecule has 0 spiro atoms. The summed E-state index contributed by atoms with van der Waals surface area (Å²) in [4.78, 5) is 0. The summed E-state index contributed by atoms with van der Waals surface area (Å²) in [7, 11) is 0. The first-order chi connectivity index (χ1) is 12.1. The maximum absolute atomic E-state index is 9.54. The Hall–Kier alpha value is -2.22. The summed E-state index contributed by atoms with van der Waals surface area (Å²) in [6.45, 7) is 6.43. The first-order valence-electron chi connectivity index (χ1n) is 7.67. The summed E-state index contributed by atoms with van der Waals surface area (Å²) in [6, 6.07) is 13.1. The summed E-state index contributed by atoms with van der Waals surface area (Å²) >= 11 is 9.73. The number of halogens is 2. The Labute approximate surface area is 161 Å². The minimum Gasteiger partial charge on any atom is -0.490 e. The molecule has 2 aromatic carbocycles. The van der Waals surface area contributed by atoms with Crippen LogP contribution >= 0.6 is 27.5 Å². The first kappa shape index (κ1) is 19.1. The molecule has 0 aliphatic carbocycles. The van der Waals surface area contributed by atoms with Crippen LogP contribution in [0.5, 0.6) is 11.5 Å². The second-order valence-corrected chi connectivity index (χ2v) is 6.26. The Morgan fingerprint density at radius 1 is 1.28 bits per heavy atom. The Morgan fingerprint density at radius 2 is 2.00 bits per heavy atom. The summed E-state index contributed by atoms with van der Waals surface area (Å²) in [6.07, 6.45) is 3.44. The number of ether oxygens (including phenoxy) is 2. The van der Waals surface area contributed by atoms with Gasteiger partial charge >= 0.3 is 0 Å². The van der Waals surface area contributed by atoms with E-state index in [2.05, 4.69) is 28.6 Å². The second kappa shape index (κ2) is 9.31. The highest BCUT2D eigenvalue weighted by Gasteiger charge is 2.12. The van der Waals surface area contributed by atoms with Gasteiger partial charge in [-0.1, -0.05) is 58.4 Å². The Morgan fingerprint density at radius 3 is 2.64 bits per heavy atom. The third-order valence-corrected chi connectivity index (χ3v) is 4.32. The van der Waals surface area contributed by atoms with Crippen LogP contribution in [0.1, 0.15) is 18.1 Å². The predicted molar refractivity (Wildman–Crippen MR) is 106 cm³/mol. The van der Waals surface area contributed by atoms with Crippen LogP contribution in [0.15, 0.2) is 53.5 Å². The molecule has 0 radical (unpaired) electrons. The average Bonchev–Trinajstić information content (AvgIpc) is 2.61. The maximum atomic E-state index is 9.54. The van der Waals surface area contributed by atoms with Crippen LogP contribution in [-0.2, 0) is 0 Å². The zero-order valence-corrected chi connectivity index (χ0v) is 16.1. The molecule has 0 bridgehead atoms. The molecule has 0 N–H and O–H groups in total. The van der Waals surface area contributed by atoms with Crippen molar-refractivity contribution < 1.29 is 9.47 Å². The van der Waals surface area contributed by atoms with Crippen molar-refractivity contribution in [2.75, 3.05) is 13.2 Å². The van der Waals surface area contributed by atoms with E-state index in [4.69, 9.17) is 21.1 Å². The summed E-state index contributed by atoms with van der Waals surface area (Å²) in [5, 5.41) is 10.1. The van der Waals surface area contributed by atoms with Gasteiger partial charge in [0, 0.05) is 15.1 Å². The van der Waals surface area contributed by atoms with E-state index >= 15 is 0 Å². The number of allylic oxidation sites excluding steroid dienone is 1. The molecule has 0 amide bonds. The molecule has 0 heterocycles. The predicted octanol–water partition coefficient (Wildman–Crippen LogP) is 6.13. The fourth-order valence-electron chi connectivity index (χ4n) is 2.20. The normalized spacial score (nSPS) is 10.9. The van der Waals surface area contributed by atoms with Gasteiger partial charge in [-0.05, 0) is 36.8 Å². The summed E-state index contributed by atoms with van der Waals surface area (Å²) in [5.41, 5.74) is 1.95. The zero-order valence-electron chi connectivity index (χ0n) is 13.8. The second-order valence-electron chi connectivity index (χ2n) is 5.00. The molecule has 0 atom stereocenters. The topological polar surface area (TPSA) is 42.2 Å². The number of nitriles is 1. The molecule has 0 aromatic heterocycles. The molecular formula is C20H17BrClNO2. The molecule has 2 aromatic rings. The molecule has 25 heavy (non-hydrogen) atoms. The molecule has 5 heteroatoms. The van der Waals surface area contributed by atoms with Gasteiger partial charge < -0.3 is 9.47 Å². The summed E-state index contributed by atoms with van der Waals surface area (Å²) < 4.78 is 12.1. The fourth-order valence-corrected chi connectivity index (χ4v) is 2.87. The van der Waals surface area contributed by atoms with Crippen LogP contribution in [0, 0.1) is 11.3 Å². The van der Waals surface area contributed by atoms with E-state index < -0.39 is 0 Å². The lowest BCUT2D eigenvalue weighted by molar-refractivity contribution is 0.296. The highest BCUT2D eigenvalue weighted by molar-refractivity contribution is 9.10. The molecule has 0 aliphatic heterocycles. The van der Waals surface area contributed by atoms with E-state index in [0.29, 0.717) is 40.9 Å². The number of hydrogen-bond acceptors (Lipinski definition) is 3. The van der Waals surface area contributed by atoms with Crippen LogP contribution in [0.25, 0.3) is 11.6 Å². The Kier molecular flexibility index (Phi) is 7.12. The minimum atomic E-state index is 0.380. The minimum absolute atomic E-state index is 0.380. The lowest BCUT2D eigenvalue weighted by atomic mass is 10.0. The lowest BCUT2D eigenvalue weighted by Gasteiger charge is -2.13. The van der Waals surface area contributed by atoms with Gasteiger partial charge in [0.15, 0.2) is 11.5 Å². The third kappa shape index (κ3) is 4.88. The van der Waals surface area contributed by atoms with Gasteiger partial charge in [0.05, 0.1) is 18.2 Å². The quantitative estimate of drug-likeness (QED) is 0.308. The Balaban J connectivity index is 2.50. The van der Waals surface area contributed by atoms with Gasteiger partial charge in [-0.25, -0.2) is 0 Å². The van der Waals surface area contributed by atoms with Gasteiger partial charge in [0.2, 0.25) is 0 Å². The number of nitrogens with zero attached hydrogens (tertiary/aromatic N) is 1. The highest BCUT2D eigenvalue weighted by Crippen LogP contribution is 2.36. The van der Waals surface area contributed by atoms with Crippen LogP contribution in [0.2, 0.25) is 5.02 Å². The molecule has 0 unspecified atom stereocenters. The molecular weight excluding hydrogens is 402 g/mol. The lowest BCUT2D eigenvalue weighted by Crippen LogP contribution is -1.99. The Bertz CT molecular complexity index is 840. The number of rotatable bonds is 7. The smallest absolute Gasteiger partial charge is 0.162 e. The van der Waals surface area contributed by atoms with Crippen LogP contribution in [0.3, 0.4) is 0 Å². The molecule has 0 saturated carbocycles. The van der Waals surface area contributed by atoms with E-state index in [1.807, 2.05) is 37.3 Å².